The van der Waals surface area contributed by atoms with Crippen LogP contribution in [0.25, 0.3) is 5.76 Å². The Morgan fingerprint density at radius 3 is 2.40 bits per heavy atom. The van der Waals surface area contributed by atoms with Crippen molar-refractivity contribution in [3.8, 4) is 5.75 Å². The zero-order chi connectivity index (χ0) is 25.4. The molecule has 0 spiro atoms. The molecule has 4 rings (SSSR count). The number of anilines is 1. The Kier molecular flexibility index (Phi) is 6.57. The fourth-order valence-corrected chi connectivity index (χ4v) is 4.62. The third kappa shape index (κ3) is 4.36. The molecule has 1 aromatic heterocycles. The van der Waals surface area contributed by atoms with Crippen molar-refractivity contribution in [2.24, 2.45) is 0 Å². The third-order valence-corrected chi connectivity index (χ3v) is 6.29. The highest BCUT2D eigenvalue weighted by Gasteiger charge is 2.48. The number of rotatable bonds is 6. The van der Waals surface area contributed by atoms with E-state index in [2.05, 4.69) is 0 Å². The van der Waals surface area contributed by atoms with Gasteiger partial charge < -0.3 is 14.3 Å². The van der Waals surface area contributed by atoms with Gasteiger partial charge in [0.1, 0.15) is 29.1 Å². The zero-order valence-corrected chi connectivity index (χ0v) is 21.0. The average Bonchev–Trinajstić information content (AvgIpc) is 3.35. The SMILES string of the molecule is CCOc1ccc(/C(O)=C2/C(=O)C(=O)N(c3ccc(C)cc3C)C2c2ccc(C)o2)cc1C(C)C. The number of furan rings is 1. The van der Waals surface area contributed by atoms with Crippen LogP contribution in [0, 0.1) is 20.8 Å². The highest BCUT2D eigenvalue weighted by Crippen LogP contribution is 2.44. The Balaban J connectivity index is 1.93. The van der Waals surface area contributed by atoms with Crippen molar-refractivity contribution in [1.29, 1.82) is 0 Å². The molecule has 0 radical (unpaired) electrons. The van der Waals surface area contributed by atoms with Crippen LogP contribution in [0.3, 0.4) is 0 Å². The second-order valence-electron chi connectivity index (χ2n) is 9.25. The molecule has 0 bridgehead atoms. The first-order valence-corrected chi connectivity index (χ1v) is 11.9. The van der Waals surface area contributed by atoms with Crippen LogP contribution in [0.5, 0.6) is 5.75 Å². The first-order valence-electron chi connectivity index (χ1n) is 11.9. The minimum Gasteiger partial charge on any atom is -0.507 e. The summed E-state index contributed by atoms with van der Waals surface area (Å²) >= 11 is 0. The van der Waals surface area contributed by atoms with Gasteiger partial charge in [0.15, 0.2) is 0 Å². The molecule has 2 heterocycles. The lowest BCUT2D eigenvalue weighted by Crippen LogP contribution is -2.30. The number of carbonyl (C=O) groups is 2. The molecule has 6 nitrogen and oxygen atoms in total. The number of aliphatic hydroxyl groups excluding tert-OH is 1. The molecule has 0 saturated carbocycles. The first-order chi connectivity index (χ1) is 16.6. The number of carbonyl (C=O) groups excluding carboxylic acids is 2. The lowest BCUT2D eigenvalue weighted by Gasteiger charge is -2.25. The predicted molar refractivity (Wildman–Crippen MR) is 136 cm³/mol. The molecular weight excluding hydrogens is 442 g/mol. The zero-order valence-electron chi connectivity index (χ0n) is 21.0. The summed E-state index contributed by atoms with van der Waals surface area (Å²) < 4.78 is 11.6. The number of benzene rings is 2. The van der Waals surface area contributed by atoms with Gasteiger partial charge in [0, 0.05) is 11.3 Å². The number of hydrogen-bond acceptors (Lipinski definition) is 5. The predicted octanol–water partition coefficient (Wildman–Crippen LogP) is 6.35. The van der Waals surface area contributed by atoms with Crippen molar-refractivity contribution in [3.63, 3.8) is 0 Å². The molecule has 0 aliphatic carbocycles. The summed E-state index contributed by atoms with van der Waals surface area (Å²) in [7, 11) is 0. The van der Waals surface area contributed by atoms with Gasteiger partial charge in [-0.2, -0.15) is 0 Å². The fourth-order valence-electron chi connectivity index (χ4n) is 4.62. The Morgan fingerprint density at radius 2 is 1.80 bits per heavy atom. The molecule has 1 unspecified atom stereocenters. The van der Waals surface area contributed by atoms with E-state index >= 15 is 0 Å². The van der Waals surface area contributed by atoms with E-state index in [9.17, 15) is 14.7 Å². The molecule has 1 N–H and O–H groups in total. The molecule has 1 aliphatic heterocycles. The Morgan fingerprint density at radius 1 is 1.06 bits per heavy atom. The summed E-state index contributed by atoms with van der Waals surface area (Å²) in [6, 6.07) is 13.6. The van der Waals surface area contributed by atoms with Crippen LogP contribution in [0.2, 0.25) is 0 Å². The number of aryl methyl sites for hydroxylation is 3. The van der Waals surface area contributed by atoms with Crippen molar-refractivity contribution in [1.82, 2.24) is 0 Å². The normalized spacial score (nSPS) is 17.5. The van der Waals surface area contributed by atoms with Gasteiger partial charge in [-0.15, -0.1) is 0 Å². The topological polar surface area (TPSA) is 80.0 Å². The molecular formula is C29H31NO5. The Labute approximate surface area is 205 Å². The van der Waals surface area contributed by atoms with E-state index in [1.165, 1.54) is 4.90 Å². The largest absolute Gasteiger partial charge is 0.507 e. The lowest BCUT2D eigenvalue weighted by molar-refractivity contribution is -0.132. The van der Waals surface area contributed by atoms with Crippen LogP contribution in [0.15, 0.2) is 58.5 Å². The van der Waals surface area contributed by atoms with E-state index in [0.717, 1.165) is 22.4 Å². The van der Waals surface area contributed by atoms with Gasteiger partial charge >= 0.3 is 0 Å². The second-order valence-corrected chi connectivity index (χ2v) is 9.25. The molecule has 6 heteroatoms. The van der Waals surface area contributed by atoms with Crippen LogP contribution < -0.4 is 9.64 Å². The van der Waals surface area contributed by atoms with Gasteiger partial charge in [0.25, 0.3) is 11.7 Å². The number of nitrogens with zero attached hydrogens (tertiary/aromatic N) is 1. The molecule has 1 atom stereocenters. The number of aliphatic hydroxyl groups is 1. The summed E-state index contributed by atoms with van der Waals surface area (Å²) in [6.45, 7) is 12.2. The molecule has 182 valence electrons. The number of amides is 1. The molecule has 35 heavy (non-hydrogen) atoms. The van der Waals surface area contributed by atoms with Crippen molar-refractivity contribution in [2.75, 3.05) is 11.5 Å². The summed E-state index contributed by atoms with van der Waals surface area (Å²) in [4.78, 5) is 28.2. The highest BCUT2D eigenvalue weighted by molar-refractivity contribution is 6.51. The van der Waals surface area contributed by atoms with Gasteiger partial charge in [-0.1, -0.05) is 31.5 Å². The monoisotopic (exact) mass is 473 g/mol. The van der Waals surface area contributed by atoms with E-state index in [0.29, 0.717) is 29.4 Å². The summed E-state index contributed by atoms with van der Waals surface area (Å²) in [5, 5.41) is 11.4. The lowest BCUT2D eigenvalue weighted by atomic mass is 9.95. The van der Waals surface area contributed by atoms with E-state index in [1.54, 1.807) is 31.2 Å². The van der Waals surface area contributed by atoms with Gasteiger partial charge in [0.2, 0.25) is 0 Å². The number of ether oxygens (including phenoxy) is 1. The summed E-state index contributed by atoms with van der Waals surface area (Å²) in [6.07, 6.45) is 0. The number of hydrogen-bond donors (Lipinski definition) is 1. The van der Waals surface area contributed by atoms with Crippen LogP contribution in [-0.4, -0.2) is 23.4 Å². The van der Waals surface area contributed by atoms with Gasteiger partial charge in [-0.3, -0.25) is 14.5 Å². The van der Waals surface area contributed by atoms with Crippen molar-refractivity contribution in [2.45, 2.75) is 53.5 Å². The quantitative estimate of drug-likeness (QED) is 0.256. The van der Waals surface area contributed by atoms with Crippen LogP contribution in [0.1, 0.15) is 66.5 Å². The second kappa shape index (κ2) is 9.45. The van der Waals surface area contributed by atoms with Crippen molar-refractivity contribution >= 4 is 23.1 Å². The summed E-state index contributed by atoms with van der Waals surface area (Å²) in [5.74, 6) is 0.236. The molecule has 2 aromatic carbocycles. The molecule has 1 aliphatic rings. The van der Waals surface area contributed by atoms with E-state index < -0.39 is 17.7 Å². The third-order valence-electron chi connectivity index (χ3n) is 6.29. The molecule has 1 fully saturated rings. The molecule has 1 saturated heterocycles. The minimum absolute atomic E-state index is 0.00295. The van der Waals surface area contributed by atoms with Crippen LogP contribution in [-0.2, 0) is 9.59 Å². The van der Waals surface area contributed by atoms with E-state index in [1.807, 2.05) is 58.9 Å². The Bertz CT molecular complexity index is 1330. The van der Waals surface area contributed by atoms with Crippen molar-refractivity contribution in [3.05, 3.63) is 87.9 Å². The van der Waals surface area contributed by atoms with Crippen LogP contribution in [0.4, 0.5) is 5.69 Å². The van der Waals surface area contributed by atoms with Gasteiger partial charge in [-0.25, -0.2) is 0 Å². The highest BCUT2D eigenvalue weighted by atomic mass is 16.5. The number of Topliss-reactive ketones (excluding diaryl/α,β-unsaturated/α-hetero) is 1. The first kappa shape index (κ1) is 24.3. The number of ketones is 1. The maximum absolute atomic E-state index is 13.4. The average molecular weight is 474 g/mol. The minimum atomic E-state index is -0.890. The molecule has 3 aromatic rings. The van der Waals surface area contributed by atoms with Crippen molar-refractivity contribution < 1.29 is 23.8 Å². The Hall–Kier alpha value is -3.80. The van der Waals surface area contributed by atoms with E-state index in [4.69, 9.17) is 9.15 Å². The fraction of sp³-hybridized carbons (Fsp3) is 0.310. The van der Waals surface area contributed by atoms with Gasteiger partial charge in [-0.05, 0) is 81.1 Å². The van der Waals surface area contributed by atoms with E-state index in [-0.39, 0.29) is 17.3 Å². The van der Waals surface area contributed by atoms with Gasteiger partial charge in [0.05, 0.1) is 12.2 Å². The maximum atomic E-state index is 13.4. The maximum Gasteiger partial charge on any atom is 0.300 e. The van der Waals surface area contributed by atoms with Crippen LogP contribution >= 0.6 is 0 Å². The smallest absolute Gasteiger partial charge is 0.300 e. The standard InChI is InChI=1S/C29H31NO5/c1-7-34-23-13-10-20(15-21(23)16(2)3)27(31)25-26(24-12-9-19(6)35-24)30(29(33)28(25)32)22-11-8-17(4)14-18(22)5/h8-16,26,31H,7H2,1-6H3/b27-25-. The summed E-state index contributed by atoms with van der Waals surface area (Å²) in [5.41, 5.74) is 3.86. The molecule has 1 amide bonds.